The first-order chi connectivity index (χ1) is 15.8. The quantitative estimate of drug-likeness (QED) is 0.418. The number of benzene rings is 2. The van der Waals surface area contributed by atoms with Gasteiger partial charge in [0.05, 0.1) is 12.2 Å². The normalized spacial score (nSPS) is 13.5. The highest BCUT2D eigenvalue weighted by atomic mass is 15.3. The predicted molar refractivity (Wildman–Crippen MR) is 123 cm³/mol. The minimum absolute atomic E-state index is 0.529. The fourth-order valence-electron chi connectivity index (χ4n) is 4.05. The van der Waals surface area contributed by atoms with E-state index >= 15 is 0 Å². The first-order valence-electron chi connectivity index (χ1n) is 10.9. The molecule has 1 fully saturated rings. The van der Waals surface area contributed by atoms with E-state index in [1.165, 1.54) is 18.4 Å². The molecule has 0 atom stereocenters. The minimum Gasteiger partial charge on any atom is -0.363 e. The van der Waals surface area contributed by atoms with Crippen LogP contribution in [0, 0.1) is 0 Å². The number of hydrogen-bond donors (Lipinski definition) is 1. The highest BCUT2D eigenvalue weighted by molar-refractivity contribution is 5.65. The average Bonchev–Trinajstić information content (AvgIpc) is 3.46. The molecule has 1 aliphatic rings. The van der Waals surface area contributed by atoms with Gasteiger partial charge >= 0.3 is 0 Å². The summed E-state index contributed by atoms with van der Waals surface area (Å²) in [5.41, 5.74) is 5.17. The van der Waals surface area contributed by atoms with Crippen LogP contribution in [0.1, 0.15) is 35.7 Å². The molecule has 6 rings (SSSR count). The van der Waals surface area contributed by atoms with Crippen LogP contribution in [0.4, 0.5) is 5.82 Å². The van der Waals surface area contributed by atoms with Gasteiger partial charge in [-0.05, 0) is 18.4 Å². The maximum Gasteiger partial charge on any atom is 0.203 e. The number of hydrogen-bond acceptors (Lipinski definition) is 5. The fourth-order valence-corrected chi connectivity index (χ4v) is 4.05. The Labute approximate surface area is 185 Å². The zero-order chi connectivity index (χ0) is 21.3. The molecule has 0 unspecified atom stereocenters. The molecular weight excluding hydrogens is 398 g/mol. The molecule has 158 valence electrons. The molecule has 7 nitrogen and oxygen atoms in total. The van der Waals surface area contributed by atoms with Gasteiger partial charge in [-0.2, -0.15) is 5.10 Å². The van der Waals surface area contributed by atoms with Crippen LogP contribution in [-0.4, -0.2) is 29.4 Å². The van der Waals surface area contributed by atoms with Gasteiger partial charge in [0.2, 0.25) is 5.65 Å². The van der Waals surface area contributed by atoms with Crippen molar-refractivity contribution in [2.24, 2.45) is 0 Å². The van der Waals surface area contributed by atoms with E-state index in [2.05, 4.69) is 67.5 Å². The van der Waals surface area contributed by atoms with E-state index in [-0.39, 0.29) is 0 Å². The molecule has 0 saturated heterocycles. The summed E-state index contributed by atoms with van der Waals surface area (Å²) in [6, 6.07) is 20.7. The van der Waals surface area contributed by atoms with E-state index in [0.29, 0.717) is 12.5 Å². The molecule has 0 bridgehead atoms. The molecule has 0 amide bonds. The second kappa shape index (κ2) is 7.92. The number of nitrogens with one attached hydrogen (secondary N) is 1. The molecule has 5 aromatic rings. The Morgan fingerprint density at radius 1 is 0.938 bits per heavy atom. The molecule has 3 heterocycles. The molecule has 2 aromatic carbocycles. The Balaban J connectivity index is 1.31. The molecule has 0 spiro atoms. The Hall–Kier alpha value is -4.00. The van der Waals surface area contributed by atoms with Crippen LogP contribution in [0.5, 0.6) is 0 Å². The van der Waals surface area contributed by atoms with Crippen molar-refractivity contribution in [1.29, 1.82) is 0 Å². The lowest BCUT2D eigenvalue weighted by molar-refractivity contribution is 0.688. The zero-order valence-electron chi connectivity index (χ0n) is 17.6. The van der Waals surface area contributed by atoms with E-state index in [4.69, 9.17) is 5.10 Å². The van der Waals surface area contributed by atoms with Crippen molar-refractivity contribution in [3.63, 3.8) is 0 Å². The van der Waals surface area contributed by atoms with Gasteiger partial charge in [0.1, 0.15) is 5.82 Å². The standard InChI is InChI=1S/C25H23N7/c1-3-7-18(8-4-1)16-31-17-21(22(30-31)19-9-5-2-6-10-19)15-27-23-25-29-28-24(20-11-12-20)32(25)14-13-26-23/h1-10,13-14,17,20H,11-12,15-16H2,(H,26,27). The summed E-state index contributed by atoms with van der Waals surface area (Å²) in [6.07, 6.45) is 8.24. The largest absolute Gasteiger partial charge is 0.363 e. The van der Waals surface area contributed by atoms with Crippen LogP contribution < -0.4 is 5.32 Å². The van der Waals surface area contributed by atoms with Crippen LogP contribution in [0.3, 0.4) is 0 Å². The van der Waals surface area contributed by atoms with E-state index in [1.54, 1.807) is 0 Å². The lowest BCUT2D eigenvalue weighted by atomic mass is 10.1. The van der Waals surface area contributed by atoms with Crippen LogP contribution in [0.25, 0.3) is 16.9 Å². The van der Waals surface area contributed by atoms with Gasteiger partial charge in [0.15, 0.2) is 5.82 Å². The third-order valence-corrected chi connectivity index (χ3v) is 5.81. The van der Waals surface area contributed by atoms with Gasteiger partial charge in [-0.25, -0.2) is 4.98 Å². The first-order valence-corrected chi connectivity index (χ1v) is 10.9. The number of anilines is 1. The lowest BCUT2D eigenvalue weighted by Gasteiger charge is -2.07. The Morgan fingerprint density at radius 3 is 2.50 bits per heavy atom. The van der Waals surface area contributed by atoms with Crippen molar-refractivity contribution >= 4 is 11.5 Å². The maximum absolute atomic E-state index is 4.91. The first kappa shape index (κ1) is 18.7. The monoisotopic (exact) mass is 421 g/mol. The third-order valence-electron chi connectivity index (χ3n) is 5.81. The molecule has 1 N–H and O–H groups in total. The maximum atomic E-state index is 4.91. The Bertz CT molecular complexity index is 1350. The Morgan fingerprint density at radius 2 is 1.72 bits per heavy atom. The van der Waals surface area contributed by atoms with E-state index < -0.39 is 0 Å². The molecule has 0 radical (unpaired) electrons. The van der Waals surface area contributed by atoms with Crippen molar-refractivity contribution in [2.45, 2.75) is 31.8 Å². The topological polar surface area (TPSA) is 72.9 Å². The third kappa shape index (κ3) is 3.62. The fraction of sp³-hybridized carbons (Fsp3) is 0.200. The predicted octanol–water partition coefficient (Wildman–Crippen LogP) is 4.53. The van der Waals surface area contributed by atoms with Gasteiger partial charge in [0.25, 0.3) is 0 Å². The molecule has 32 heavy (non-hydrogen) atoms. The number of fused-ring (bicyclic) bond motifs is 1. The summed E-state index contributed by atoms with van der Waals surface area (Å²) in [5, 5.41) is 17.2. The van der Waals surface area contributed by atoms with Crippen molar-refractivity contribution in [3.8, 4) is 11.3 Å². The number of nitrogens with zero attached hydrogens (tertiary/aromatic N) is 6. The van der Waals surface area contributed by atoms with E-state index in [0.717, 1.165) is 40.7 Å². The summed E-state index contributed by atoms with van der Waals surface area (Å²) in [6.45, 7) is 1.32. The summed E-state index contributed by atoms with van der Waals surface area (Å²) in [5.74, 6) is 2.30. The van der Waals surface area contributed by atoms with Crippen LogP contribution in [0.2, 0.25) is 0 Å². The average molecular weight is 422 g/mol. The Kier molecular flexibility index (Phi) is 4.64. The lowest BCUT2D eigenvalue weighted by Crippen LogP contribution is -2.04. The molecular formula is C25H23N7. The van der Waals surface area contributed by atoms with Gasteiger partial charge in [0, 0.05) is 42.2 Å². The molecule has 0 aliphatic heterocycles. The van der Waals surface area contributed by atoms with E-state index in [1.807, 2.05) is 41.3 Å². The SMILES string of the molecule is c1ccc(Cn2cc(CNc3nccn4c(C5CC5)nnc34)c(-c3ccccc3)n2)cc1. The molecule has 1 aliphatic carbocycles. The van der Waals surface area contributed by atoms with E-state index in [9.17, 15) is 0 Å². The summed E-state index contributed by atoms with van der Waals surface area (Å²) in [4.78, 5) is 4.53. The van der Waals surface area contributed by atoms with Crippen molar-refractivity contribution in [3.05, 3.63) is 96.2 Å². The van der Waals surface area contributed by atoms with Gasteiger partial charge in [-0.3, -0.25) is 9.08 Å². The molecule has 3 aromatic heterocycles. The summed E-state index contributed by atoms with van der Waals surface area (Å²) >= 11 is 0. The van der Waals surface area contributed by atoms with Crippen LogP contribution in [-0.2, 0) is 13.1 Å². The zero-order valence-corrected chi connectivity index (χ0v) is 17.6. The van der Waals surface area contributed by atoms with Crippen molar-refractivity contribution < 1.29 is 0 Å². The smallest absolute Gasteiger partial charge is 0.203 e. The second-order valence-corrected chi connectivity index (χ2v) is 8.21. The summed E-state index contributed by atoms with van der Waals surface area (Å²) in [7, 11) is 0. The van der Waals surface area contributed by atoms with Crippen LogP contribution >= 0.6 is 0 Å². The highest BCUT2D eigenvalue weighted by Crippen LogP contribution is 2.39. The molecule has 1 saturated carbocycles. The summed E-state index contributed by atoms with van der Waals surface area (Å²) < 4.78 is 4.06. The second-order valence-electron chi connectivity index (χ2n) is 8.21. The number of rotatable bonds is 7. The minimum atomic E-state index is 0.529. The highest BCUT2D eigenvalue weighted by Gasteiger charge is 2.29. The number of aromatic nitrogens is 6. The van der Waals surface area contributed by atoms with Crippen LogP contribution in [0.15, 0.2) is 79.3 Å². The van der Waals surface area contributed by atoms with Gasteiger partial charge < -0.3 is 5.32 Å². The van der Waals surface area contributed by atoms with Crippen molar-refractivity contribution in [1.82, 2.24) is 29.4 Å². The molecule has 7 heteroatoms. The van der Waals surface area contributed by atoms with Crippen molar-refractivity contribution in [2.75, 3.05) is 5.32 Å². The van der Waals surface area contributed by atoms with Gasteiger partial charge in [-0.1, -0.05) is 60.7 Å². The van der Waals surface area contributed by atoms with Gasteiger partial charge in [-0.15, -0.1) is 10.2 Å².